The van der Waals surface area contributed by atoms with Crippen LogP contribution < -0.4 is 5.32 Å². The van der Waals surface area contributed by atoms with E-state index in [-0.39, 0.29) is 36.0 Å². The normalized spacial score (nSPS) is 15.0. The van der Waals surface area contributed by atoms with E-state index >= 15 is 0 Å². The van der Waals surface area contributed by atoms with E-state index in [0.717, 1.165) is 103 Å². The van der Waals surface area contributed by atoms with Gasteiger partial charge in [0.05, 0.1) is 18.6 Å². The molecule has 0 aromatic heterocycles. The summed E-state index contributed by atoms with van der Waals surface area (Å²) in [5.41, 5.74) is 0. The topological polar surface area (TPSA) is 94.2 Å². The quantitative estimate of drug-likeness (QED) is 0.0481. The van der Waals surface area contributed by atoms with Gasteiger partial charge in [-0.1, -0.05) is 169 Å². The number of hydrogen-bond acceptors (Lipinski definition) is 7. The zero-order valence-electron chi connectivity index (χ0n) is 40.5. The number of amides is 1. The minimum absolute atomic E-state index is 0.0126. The van der Waals surface area contributed by atoms with Crippen LogP contribution in [-0.2, 0) is 28.6 Å². The first-order chi connectivity index (χ1) is 29.4. The van der Waals surface area contributed by atoms with Crippen LogP contribution in [0.25, 0.3) is 0 Å². The van der Waals surface area contributed by atoms with E-state index in [4.69, 9.17) is 14.2 Å². The van der Waals surface area contributed by atoms with Crippen molar-refractivity contribution < 1.29 is 28.6 Å². The molecule has 1 aliphatic rings. The van der Waals surface area contributed by atoms with Crippen molar-refractivity contribution in [3.63, 3.8) is 0 Å². The van der Waals surface area contributed by atoms with Crippen LogP contribution in [0.5, 0.6) is 0 Å². The van der Waals surface area contributed by atoms with Crippen molar-refractivity contribution in [2.75, 3.05) is 39.9 Å². The molecule has 1 N–H and O–H groups in total. The van der Waals surface area contributed by atoms with Crippen molar-refractivity contribution >= 4 is 17.8 Å². The Labute approximate surface area is 371 Å². The lowest BCUT2D eigenvalue weighted by molar-refractivity contribution is -0.150. The Bertz CT molecular complexity index is 970. The summed E-state index contributed by atoms with van der Waals surface area (Å²) in [6.45, 7) is 13.5. The second-order valence-electron chi connectivity index (χ2n) is 18.5. The number of carbonyl (C=O) groups excluding carboxylic acids is 3. The molecule has 0 radical (unpaired) electrons. The summed E-state index contributed by atoms with van der Waals surface area (Å²) >= 11 is 0. The number of unbranched alkanes of at least 4 members (excludes halogenated alkanes) is 20. The van der Waals surface area contributed by atoms with E-state index in [9.17, 15) is 14.4 Å². The summed E-state index contributed by atoms with van der Waals surface area (Å²) in [5, 5.41) is 3.13. The molecular formula is C52H100N2O6. The molecule has 60 heavy (non-hydrogen) atoms. The van der Waals surface area contributed by atoms with Crippen LogP contribution in [0.2, 0.25) is 0 Å². The lowest BCUT2D eigenvalue weighted by atomic mass is 9.93. The molecule has 0 aromatic rings. The number of nitrogens with zero attached hydrogens (tertiary/aromatic N) is 1. The van der Waals surface area contributed by atoms with Crippen molar-refractivity contribution in [3.05, 3.63) is 0 Å². The second-order valence-corrected chi connectivity index (χ2v) is 18.5. The first kappa shape index (κ1) is 56.3. The van der Waals surface area contributed by atoms with E-state index in [2.05, 4.69) is 37.9 Å². The fraction of sp³-hybridized carbons (Fsp3) is 0.942. The van der Waals surface area contributed by atoms with Gasteiger partial charge in [0.1, 0.15) is 6.10 Å². The largest absolute Gasteiger partial charge is 0.466 e. The van der Waals surface area contributed by atoms with Gasteiger partial charge < -0.3 is 24.4 Å². The van der Waals surface area contributed by atoms with Gasteiger partial charge in [0, 0.05) is 26.5 Å². The van der Waals surface area contributed by atoms with Crippen molar-refractivity contribution in [1.82, 2.24) is 10.2 Å². The highest BCUT2D eigenvalue weighted by Crippen LogP contribution is 2.33. The molecule has 0 aromatic carbocycles. The van der Waals surface area contributed by atoms with Gasteiger partial charge in [-0.15, -0.1) is 0 Å². The van der Waals surface area contributed by atoms with Crippen molar-refractivity contribution in [2.45, 2.75) is 265 Å². The Morgan fingerprint density at radius 1 is 0.533 bits per heavy atom. The molecule has 0 heterocycles. The Kier molecular flexibility index (Phi) is 38.8. The lowest BCUT2D eigenvalue weighted by Gasteiger charge is -2.22. The van der Waals surface area contributed by atoms with Crippen LogP contribution in [0.15, 0.2) is 0 Å². The fourth-order valence-corrected chi connectivity index (χ4v) is 8.60. The Hall–Kier alpha value is -1.67. The summed E-state index contributed by atoms with van der Waals surface area (Å²) in [6, 6.07) is 0. The van der Waals surface area contributed by atoms with Crippen LogP contribution in [0, 0.1) is 11.8 Å². The zero-order chi connectivity index (χ0) is 43.7. The molecule has 0 bridgehead atoms. The summed E-state index contributed by atoms with van der Waals surface area (Å²) in [7, 11) is 1.68. The number of nitrogens with one attached hydrogen (secondary N) is 1. The standard InChI is InChI=1S/C52H100N2O6/c1-6-10-14-16-20-26-35-47(36-27-21-17-15-11-7-2)60-51(56)38-29-23-19-25-31-42-54(43-32-40-53-52(57)48-45-49(48)58-5)41-30-24-18-22-28-37-50(55)59-44-39-46(33-12-8-3)34-13-9-4/h46-49H,6-45H2,1-5H3,(H,53,57). The minimum Gasteiger partial charge on any atom is -0.466 e. The number of ether oxygens (including phenoxy) is 3. The van der Waals surface area contributed by atoms with E-state index in [1.807, 2.05) is 0 Å². The third kappa shape index (κ3) is 33.9. The molecule has 1 amide bonds. The maximum atomic E-state index is 12.9. The highest BCUT2D eigenvalue weighted by atomic mass is 16.5. The molecule has 1 aliphatic carbocycles. The van der Waals surface area contributed by atoms with Gasteiger partial charge in [0.2, 0.25) is 5.91 Å². The second kappa shape index (κ2) is 41.3. The lowest BCUT2D eigenvalue weighted by Crippen LogP contribution is -2.32. The molecule has 2 unspecified atom stereocenters. The monoisotopic (exact) mass is 849 g/mol. The summed E-state index contributed by atoms with van der Waals surface area (Å²) < 4.78 is 17.0. The van der Waals surface area contributed by atoms with E-state index in [0.29, 0.717) is 31.9 Å². The highest BCUT2D eigenvalue weighted by molar-refractivity contribution is 5.82. The predicted octanol–water partition coefficient (Wildman–Crippen LogP) is 13.9. The molecule has 8 heteroatoms. The van der Waals surface area contributed by atoms with Crippen LogP contribution in [-0.4, -0.2) is 74.8 Å². The third-order valence-electron chi connectivity index (χ3n) is 12.8. The zero-order valence-corrected chi connectivity index (χ0v) is 40.5. The number of hydrogen-bond donors (Lipinski definition) is 1. The molecule has 1 fully saturated rings. The van der Waals surface area contributed by atoms with Crippen LogP contribution in [0.3, 0.4) is 0 Å². The van der Waals surface area contributed by atoms with E-state index in [1.54, 1.807) is 7.11 Å². The number of methoxy groups -OCH3 is 1. The summed E-state index contributed by atoms with van der Waals surface area (Å²) in [5.74, 6) is 0.851. The smallest absolute Gasteiger partial charge is 0.306 e. The Balaban J connectivity index is 2.35. The van der Waals surface area contributed by atoms with E-state index < -0.39 is 0 Å². The van der Waals surface area contributed by atoms with Crippen LogP contribution in [0.1, 0.15) is 252 Å². The average molecular weight is 849 g/mol. The Morgan fingerprint density at radius 2 is 1.00 bits per heavy atom. The van der Waals surface area contributed by atoms with Gasteiger partial charge in [-0.25, -0.2) is 0 Å². The average Bonchev–Trinajstić information content (AvgIpc) is 4.05. The molecule has 8 nitrogen and oxygen atoms in total. The molecule has 0 spiro atoms. The van der Waals surface area contributed by atoms with Gasteiger partial charge in [0.15, 0.2) is 0 Å². The number of esters is 2. The minimum atomic E-state index is -0.0244. The first-order valence-corrected chi connectivity index (χ1v) is 26.3. The van der Waals surface area contributed by atoms with Crippen LogP contribution in [0.4, 0.5) is 0 Å². The van der Waals surface area contributed by atoms with Gasteiger partial charge in [-0.05, 0) is 96.2 Å². The molecule has 0 saturated heterocycles. The number of rotatable bonds is 46. The first-order valence-electron chi connectivity index (χ1n) is 26.3. The van der Waals surface area contributed by atoms with Gasteiger partial charge in [-0.3, -0.25) is 14.4 Å². The van der Waals surface area contributed by atoms with Crippen molar-refractivity contribution in [1.29, 1.82) is 0 Å². The molecule has 354 valence electrons. The predicted molar refractivity (Wildman–Crippen MR) is 252 cm³/mol. The van der Waals surface area contributed by atoms with Crippen LogP contribution >= 0.6 is 0 Å². The molecule has 1 saturated carbocycles. The van der Waals surface area contributed by atoms with Crippen molar-refractivity contribution in [3.8, 4) is 0 Å². The van der Waals surface area contributed by atoms with Gasteiger partial charge >= 0.3 is 11.9 Å². The Morgan fingerprint density at radius 3 is 1.52 bits per heavy atom. The third-order valence-corrected chi connectivity index (χ3v) is 12.8. The maximum absolute atomic E-state index is 12.9. The van der Waals surface area contributed by atoms with Gasteiger partial charge in [-0.2, -0.15) is 0 Å². The SMILES string of the molecule is CCCCCCCCC(CCCCCCCC)OC(=O)CCCCCCCN(CCCCCCCC(=O)OCCC(CCCC)CCCC)CCCNC(=O)C1CC1OC. The number of carbonyl (C=O) groups is 3. The molecule has 1 rings (SSSR count). The van der Waals surface area contributed by atoms with E-state index in [1.165, 1.54) is 128 Å². The van der Waals surface area contributed by atoms with Gasteiger partial charge in [0.25, 0.3) is 0 Å². The maximum Gasteiger partial charge on any atom is 0.306 e. The molecule has 2 atom stereocenters. The fourth-order valence-electron chi connectivity index (χ4n) is 8.60. The van der Waals surface area contributed by atoms with Crippen molar-refractivity contribution in [2.24, 2.45) is 11.8 Å². The summed E-state index contributed by atoms with van der Waals surface area (Å²) in [6.07, 6.45) is 40.0. The molecule has 0 aliphatic heterocycles. The highest BCUT2D eigenvalue weighted by Gasteiger charge is 2.43. The molecular weight excluding hydrogens is 749 g/mol. The summed E-state index contributed by atoms with van der Waals surface area (Å²) in [4.78, 5) is 40.2.